The van der Waals surface area contributed by atoms with Crippen molar-refractivity contribution in [3.05, 3.63) is 89.5 Å². The van der Waals surface area contributed by atoms with Gasteiger partial charge in [0, 0.05) is 37.1 Å². The van der Waals surface area contributed by atoms with Crippen LogP contribution in [0.15, 0.2) is 72.8 Å². The fourth-order valence-corrected chi connectivity index (χ4v) is 7.19. The average Bonchev–Trinajstić information content (AvgIpc) is 3.20. The van der Waals surface area contributed by atoms with Crippen molar-refractivity contribution in [3.63, 3.8) is 0 Å². The largest absolute Gasteiger partial charge is 0.397 e. The minimum absolute atomic E-state index is 0.00652. The van der Waals surface area contributed by atoms with E-state index in [1.54, 1.807) is 12.1 Å². The van der Waals surface area contributed by atoms with Crippen molar-refractivity contribution in [3.8, 4) is 0 Å². The highest BCUT2D eigenvalue weighted by molar-refractivity contribution is 5.94. The Bertz CT molecular complexity index is 1500. The summed E-state index contributed by atoms with van der Waals surface area (Å²) in [5.41, 5.74) is 10.6. The van der Waals surface area contributed by atoms with Gasteiger partial charge in [0.1, 0.15) is 0 Å². The number of para-hydroxylation sites is 2. The molecule has 1 heterocycles. The van der Waals surface area contributed by atoms with Gasteiger partial charge in [0.25, 0.3) is 0 Å². The van der Waals surface area contributed by atoms with Crippen LogP contribution in [0.2, 0.25) is 0 Å². The first-order valence-corrected chi connectivity index (χ1v) is 21.2. The van der Waals surface area contributed by atoms with Crippen LogP contribution in [0.3, 0.4) is 0 Å². The zero-order valence-electron chi connectivity index (χ0n) is 33.6. The second-order valence-electron chi connectivity index (χ2n) is 15.2. The number of benzene rings is 3. The average molecular weight is 757 g/mol. The van der Waals surface area contributed by atoms with E-state index in [4.69, 9.17) is 15.2 Å². The lowest BCUT2D eigenvalue weighted by Gasteiger charge is -2.38. The molecule has 1 aliphatic rings. The molecule has 1 saturated heterocycles. The minimum Gasteiger partial charge on any atom is -0.397 e. The van der Waals surface area contributed by atoms with Crippen molar-refractivity contribution in [2.75, 3.05) is 36.0 Å². The molecule has 3 aromatic carbocycles. The summed E-state index contributed by atoms with van der Waals surface area (Å²) in [6.07, 6.45) is 17.3. The van der Waals surface area contributed by atoms with Crippen molar-refractivity contribution in [1.29, 1.82) is 0 Å². The summed E-state index contributed by atoms with van der Waals surface area (Å²) in [5.74, 6) is -0.205. The summed E-state index contributed by atoms with van der Waals surface area (Å²) in [6.45, 7) is 7.59. The van der Waals surface area contributed by atoms with E-state index in [0.717, 1.165) is 42.7 Å². The topological polar surface area (TPSA) is 126 Å². The lowest BCUT2D eigenvalue weighted by molar-refractivity contribution is -0.253. The van der Waals surface area contributed by atoms with Crippen LogP contribution >= 0.6 is 0 Å². The molecule has 2 amide bonds. The van der Waals surface area contributed by atoms with Crippen LogP contribution in [0.25, 0.3) is 0 Å². The zero-order valence-corrected chi connectivity index (χ0v) is 33.6. The molecule has 0 bridgehead atoms. The van der Waals surface area contributed by atoms with Crippen LogP contribution in [0.1, 0.15) is 152 Å². The number of nitrogens with zero attached hydrogens (tertiary/aromatic N) is 1. The number of ether oxygens (including phenoxy) is 2. The monoisotopic (exact) mass is 757 g/mol. The van der Waals surface area contributed by atoms with Gasteiger partial charge in [0.2, 0.25) is 11.8 Å². The van der Waals surface area contributed by atoms with E-state index in [1.807, 2.05) is 48.5 Å². The van der Waals surface area contributed by atoms with E-state index >= 15 is 0 Å². The second-order valence-corrected chi connectivity index (χ2v) is 15.2. The first-order valence-electron chi connectivity index (χ1n) is 21.2. The van der Waals surface area contributed by atoms with E-state index in [-0.39, 0.29) is 30.6 Å². The highest BCUT2D eigenvalue weighted by Gasteiger charge is 2.33. The Morgan fingerprint density at radius 3 is 1.85 bits per heavy atom. The molecule has 0 unspecified atom stereocenters. The quantitative estimate of drug-likeness (QED) is 0.0474. The number of anilines is 3. The number of rotatable bonds is 26. The number of carbonyl (C=O) groups excluding carboxylic acids is 2. The summed E-state index contributed by atoms with van der Waals surface area (Å²) in [7, 11) is 0. The molecule has 302 valence electrons. The third-order valence-electron chi connectivity index (χ3n) is 10.5. The number of hydrogen-bond donors (Lipinski definition) is 4. The Balaban J connectivity index is 1.34. The molecule has 0 radical (unpaired) electrons. The second kappa shape index (κ2) is 25.4. The summed E-state index contributed by atoms with van der Waals surface area (Å²) in [6, 6.07) is 23.0. The molecule has 5 N–H and O–H groups in total. The summed E-state index contributed by atoms with van der Waals surface area (Å²) >= 11 is 0. The van der Waals surface area contributed by atoms with Crippen LogP contribution in [0, 0.1) is 0 Å². The zero-order chi connectivity index (χ0) is 39.1. The van der Waals surface area contributed by atoms with Crippen LogP contribution in [-0.4, -0.2) is 47.6 Å². The number of aliphatic hydroxyl groups is 1. The number of nitrogens with two attached hydrogens (primary N) is 1. The summed E-state index contributed by atoms with van der Waals surface area (Å²) in [4.78, 5) is 27.7. The van der Waals surface area contributed by atoms with Crippen molar-refractivity contribution in [2.24, 2.45) is 0 Å². The number of unbranched alkanes of at least 4 members (excludes halogenated alkanes) is 11. The third-order valence-corrected chi connectivity index (χ3v) is 10.5. The number of carbonyl (C=O) groups is 2. The SMILES string of the molecule is CCCCCCCCN(CCCCCCCC)C[C@H]1C[C@@H](c2ccc(CO)cc2)O[C@@H](c2ccc(NC(=O)CCCCC(=O)Nc3ccccc3N)cc2)O1. The normalized spacial score (nSPS) is 17.0. The molecule has 55 heavy (non-hydrogen) atoms. The van der Waals surface area contributed by atoms with Crippen LogP contribution in [0.5, 0.6) is 0 Å². The van der Waals surface area contributed by atoms with E-state index in [2.05, 4.69) is 41.5 Å². The number of nitrogens with one attached hydrogen (secondary N) is 2. The Morgan fingerprint density at radius 2 is 1.25 bits per heavy atom. The molecule has 1 aliphatic heterocycles. The van der Waals surface area contributed by atoms with Gasteiger partial charge in [-0.05, 0) is 74.2 Å². The van der Waals surface area contributed by atoms with E-state index in [9.17, 15) is 14.7 Å². The Morgan fingerprint density at radius 1 is 0.691 bits per heavy atom. The van der Waals surface area contributed by atoms with Gasteiger partial charge < -0.3 is 35.8 Å². The first kappa shape index (κ1) is 44.0. The van der Waals surface area contributed by atoms with Gasteiger partial charge in [-0.25, -0.2) is 0 Å². The number of hydrogen-bond acceptors (Lipinski definition) is 7. The van der Waals surface area contributed by atoms with Gasteiger partial charge in [-0.15, -0.1) is 0 Å². The summed E-state index contributed by atoms with van der Waals surface area (Å²) in [5, 5.41) is 15.5. The van der Waals surface area contributed by atoms with E-state index in [0.29, 0.717) is 42.7 Å². The molecule has 0 aliphatic carbocycles. The lowest BCUT2D eigenvalue weighted by Crippen LogP contribution is -2.40. The van der Waals surface area contributed by atoms with Gasteiger partial charge in [-0.2, -0.15) is 0 Å². The lowest BCUT2D eigenvalue weighted by atomic mass is 9.99. The van der Waals surface area contributed by atoms with Crippen LogP contribution < -0.4 is 16.4 Å². The van der Waals surface area contributed by atoms with Crippen LogP contribution in [-0.2, 0) is 25.7 Å². The maximum atomic E-state index is 12.8. The van der Waals surface area contributed by atoms with Crippen molar-refractivity contribution < 1.29 is 24.2 Å². The van der Waals surface area contributed by atoms with Gasteiger partial charge in [0.15, 0.2) is 6.29 Å². The highest BCUT2D eigenvalue weighted by Crippen LogP contribution is 2.38. The molecule has 1 fully saturated rings. The maximum absolute atomic E-state index is 12.8. The highest BCUT2D eigenvalue weighted by atomic mass is 16.7. The van der Waals surface area contributed by atoms with Crippen molar-refractivity contribution >= 4 is 28.9 Å². The first-order chi connectivity index (χ1) is 26.9. The molecule has 0 saturated carbocycles. The van der Waals surface area contributed by atoms with Gasteiger partial charge in [0.05, 0.1) is 30.2 Å². The fraction of sp³-hybridized carbons (Fsp3) is 0.565. The number of amides is 2. The molecule has 3 atom stereocenters. The summed E-state index contributed by atoms with van der Waals surface area (Å²) < 4.78 is 13.4. The predicted octanol–water partition coefficient (Wildman–Crippen LogP) is 10.5. The standard InChI is InChI=1S/C46H68N4O5/c1-3-5-7-9-11-17-31-50(32-18-12-10-8-6-4-2)34-40-33-43(37-25-23-36(35-51)24-26-37)55-46(54-40)38-27-29-39(30-28-38)48-44(52)21-15-16-22-45(53)49-42-20-14-13-19-41(42)47/h13-14,19-20,23-30,40,43,46,51H,3-12,15-18,21-22,31-35,47H2,1-2H3,(H,48,52)(H,49,53)/t40-,43+,46+/m1/s1. The number of nitrogen functional groups attached to an aromatic ring is 1. The molecule has 0 aromatic heterocycles. The van der Waals surface area contributed by atoms with Gasteiger partial charge in [-0.1, -0.05) is 127 Å². The molecule has 9 heteroatoms. The maximum Gasteiger partial charge on any atom is 0.224 e. The fourth-order valence-electron chi connectivity index (χ4n) is 7.19. The molecule has 4 rings (SSSR count). The minimum atomic E-state index is -0.548. The molecule has 9 nitrogen and oxygen atoms in total. The van der Waals surface area contributed by atoms with Crippen molar-refractivity contribution in [2.45, 2.75) is 148 Å². The van der Waals surface area contributed by atoms with Crippen LogP contribution in [0.4, 0.5) is 17.1 Å². The van der Waals surface area contributed by atoms with E-state index < -0.39 is 6.29 Å². The Kier molecular flexibility index (Phi) is 20.3. The third kappa shape index (κ3) is 16.5. The molecular formula is C46H68N4O5. The molecular weight excluding hydrogens is 689 g/mol. The molecule has 3 aromatic rings. The van der Waals surface area contributed by atoms with Gasteiger partial charge in [-0.3, -0.25) is 9.59 Å². The number of aliphatic hydroxyl groups excluding tert-OH is 1. The van der Waals surface area contributed by atoms with Crippen molar-refractivity contribution in [1.82, 2.24) is 4.90 Å². The van der Waals surface area contributed by atoms with Gasteiger partial charge >= 0.3 is 0 Å². The molecule has 0 spiro atoms. The Hall–Kier alpha value is -3.76. The Labute approximate surface area is 330 Å². The predicted molar refractivity (Wildman–Crippen MR) is 225 cm³/mol. The van der Waals surface area contributed by atoms with E-state index in [1.165, 1.54) is 77.0 Å². The smallest absolute Gasteiger partial charge is 0.224 e.